The molecule has 1 saturated carbocycles. The lowest BCUT2D eigenvalue weighted by molar-refractivity contribution is -0.133. The Morgan fingerprint density at radius 2 is 2.17 bits per heavy atom. The van der Waals surface area contributed by atoms with Gasteiger partial charge in [-0.1, -0.05) is 32.5 Å². The second-order valence-electron chi connectivity index (χ2n) is 5.28. The summed E-state index contributed by atoms with van der Waals surface area (Å²) >= 11 is 1.26. The van der Waals surface area contributed by atoms with Crippen molar-refractivity contribution in [2.24, 2.45) is 5.92 Å². The zero-order valence-electron chi connectivity index (χ0n) is 11.0. The molecule has 1 aliphatic carbocycles. The van der Waals surface area contributed by atoms with Crippen molar-refractivity contribution in [2.45, 2.75) is 50.7 Å². The molecule has 0 unspecified atom stereocenters. The third kappa shape index (κ3) is 2.68. The summed E-state index contributed by atoms with van der Waals surface area (Å²) in [5.41, 5.74) is 0. The van der Waals surface area contributed by atoms with E-state index < -0.39 is 5.97 Å². The normalized spacial score (nSPS) is 23.1. The Hall–Kier alpha value is -1.04. The zero-order valence-corrected chi connectivity index (χ0v) is 11.8. The van der Waals surface area contributed by atoms with E-state index in [1.807, 2.05) is 0 Å². The Morgan fingerprint density at radius 3 is 2.67 bits per heavy atom. The molecule has 0 atom stereocenters. The van der Waals surface area contributed by atoms with Gasteiger partial charge in [0.2, 0.25) is 0 Å². The van der Waals surface area contributed by atoms with Gasteiger partial charge in [-0.15, -0.1) is 10.2 Å². The summed E-state index contributed by atoms with van der Waals surface area (Å²) in [5.74, 6) is 1.25. The van der Waals surface area contributed by atoms with Crippen molar-refractivity contribution >= 4 is 17.7 Å². The quantitative estimate of drug-likeness (QED) is 0.832. The first-order valence-corrected chi connectivity index (χ1v) is 7.27. The number of nitrogens with zero attached hydrogens (tertiary/aromatic N) is 3. The van der Waals surface area contributed by atoms with E-state index in [9.17, 15) is 4.79 Å². The van der Waals surface area contributed by atoms with E-state index in [2.05, 4.69) is 35.5 Å². The van der Waals surface area contributed by atoms with E-state index in [1.54, 1.807) is 0 Å². The number of carboxylic acids is 1. The molecule has 18 heavy (non-hydrogen) atoms. The summed E-state index contributed by atoms with van der Waals surface area (Å²) in [4.78, 5) is 10.7. The molecule has 1 aromatic heterocycles. The number of aromatic nitrogens is 3. The molecule has 5 nitrogen and oxygen atoms in total. The van der Waals surface area contributed by atoms with Crippen molar-refractivity contribution in [1.82, 2.24) is 14.8 Å². The molecule has 100 valence electrons. The van der Waals surface area contributed by atoms with Gasteiger partial charge in [-0.2, -0.15) is 0 Å². The van der Waals surface area contributed by atoms with Crippen LogP contribution in [0.25, 0.3) is 0 Å². The van der Waals surface area contributed by atoms with Crippen molar-refractivity contribution in [3.05, 3.63) is 5.82 Å². The van der Waals surface area contributed by atoms with Gasteiger partial charge in [0, 0.05) is 12.0 Å². The zero-order chi connectivity index (χ0) is 13.3. The van der Waals surface area contributed by atoms with Crippen molar-refractivity contribution < 1.29 is 9.90 Å². The van der Waals surface area contributed by atoms with Crippen LogP contribution >= 0.6 is 11.8 Å². The minimum atomic E-state index is -0.817. The van der Waals surface area contributed by atoms with Crippen molar-refractivity contribution in [3.8, 4) is 0 Å². The van der Waals surface area contributed by atoms with Crippen LogP contribution in [0.15, 0.2) is 5.16 Å². The minimum absolute atomic E-state index is 0.0402. The number of carboxylic acid groups (broad SMARTS) is 1. The third-order valence-corrected chi connectivity index (χ3v) is 4.17. The Balaban J connectivity index is 2.20. The number of hydrogen-bond donors (Lipinski definition) is 1. The van der Waals surface area contributed by atoms with Gasteiger partial charge in [-0.05, 0) is 18.8 Å². The van der Waals surface area contributed by atoms with Gasteiger partial charge in [-0.25, -0.2) is 0 Å². The molecule has 2 rings (SSSR count). The predicted octanol–water partition coefficient (Wildman–Crippen LogP) is 2.55. The Kier molecular flexibility index (Phi) is 3.94. The van der Waals surface area contributed by atoms with Gasteiger partial charge in [0.25, 0.3) is 0 Å². The summed E-state index contributed by atoms with van der Waals surface area (Å²) in [6.07, 6.45) is 2.27. The first-order valence-electron chi connectivity index (χ1n) is 6.28. The van der Waals surface area contributed by atoms with Gasteiger partial charge >= 0.3 is 5.97 Å². The predicted molar refractivity (Wildman–Crippen MR) is 69.9 cm³/mol. The molecule has 0 amide bonds. The molecule has 0 spiro atoms. The highest BCUT2D eigenvalue weighted by atomic mass is 32.2. The molecule has 0 bridgehead atoms. The van der Waals surface area contributed by atoms with E-state index in [4.69, 9.17) is 5.11 Å². The molecule has 0 radical (unpaired) electrons. The highest BCUT2D eigenvalue weighted by molar-refractivity contribution is 7.99. The summed E-state index contributed by atoms with van der Waals surface area (Å²) in [5, 5.41) is 17.9. The Labute approximate surface area is 111 Å². The topological polar surface area (TPSA) is 68.0 Å². The smallest absolute Gasteiger partial charge is 0.313 e. The van der Waals surface area contributed by atoms with Crippen LogP contribution in [0.5, 0.6) is 0 Å². The Morgan fingerprint density at radius 1 is 1.50 bits per heavy atom. The minimum Gasteiger partial charge on any atom is -0.481 e. The monoisotopic (exact) mass is 269 g/mol. The number of aliphatic carboxylic acids is 1. The van der Waals surface area contributed by atoms with E-state index >= 15 is 0 Å². The first kappa shape index (κ1) is 13.4. The molecule has 1 aliphatic rings. The number of thioether (sulfide) groups is 1. The molecule has 1 fully saturated rings. The van der Waals surface area contributed by atoms with Gasteiger partial charge in [-0.3, -0.25) is 4.79 Å². The first-order chi connectivity index (χ1) is 8.49. The van der Waals surface area contributed by atoms with Crippen LogP contribution in [0.4, 0.5) is 0 Å². The van der Waals surface area contributed by atoms with E-state index in [0.717, 1.165) is 29.7 Å². The lowest BCUT2D eigenvalue weighted by Gasteiger charge is -2.35. The number of rotatable bonds is 5. The molecule has 1 N–H and O–H groups in total. The fraction of sp³-hybridized carbons (Fsp3) is 0.750. The Bertz CT molecular complexity index is 439. The number of carbonyl (C=O) groups is 1. The summed E-state index contributed by atoms with van der Waals surface area (Å²) in [7, 11) is 0. The van der Waals surface area contributed by atoms with Crippen LogP contribution in [0.2, 0.25) is 0 Å². The van der Waals surface area contributed by atoms with Crippen LogP contribution in [-0.2, 0) is 4.79 Å². The van der Waals surface area contributed by atoms with Crippen LogP contribution in [-0.4, -0.2) is 31.6 Å². The standard InChI is InChI=1S/C12H19N3O2S/c1-7(2)11-13-14-12(18-6-10(16)17)15(11)9-4-8(3)5-9/h7-9H,4-6H2,1-3H3,(H,16,17). The molecule has 0 aromatic carbocycles. The summed E-state index contributed by atoms with van der Waals surface area (Å²) in [6.45, 7) is 6.42. The number of hydrogen-bond acceptors (Lipinski definition) is 4. The molecule has 1 heterocycles. The van der Waals surface area contributed by atoms with Crippen LogP contribution < -0.4 is 0 Å². The lowest BCUT2D eigenvalue weighted by Crippen LogP contribution is -2.27. The van der Waals surface area contributed by atoms with Crippen molar-refractivity contribution in [3.63, 3.8) is 0 Å². The van der Waals surface area contributed by atoms with Gasteiger partial charge in [0.05, 0.1) is 5.75 Å². The average Bonchev–Trinajstić information content (AvgIpc) is 2.65. The molecular weight excluding hydrogens is 250 g/mol. The molecule has 6 heteroatoms. The third-order valence-electron chi connectivity index (χ3n) is 3.25. The maximum absolute atomic E-state index is 10.7. The summed E-state index contributed by atoms with van der Waals surface area (Å²) < 4.78 is 2.15. The van der Waals surface area contributed by atoms with E-state index in [-0.39, 0.29) is 5.75 Å². The molecule has 0 saturated heterocycles. The van der Waals surface area contributed by atoms with Crippen molar-refractivity contribution in [1.29, 1.82) is 0 Å². The van der Waals surface area contributed by atoms with Gasteiger partial charge < -0.3 is 9.67 Å². The second-order valence-corrected chi connectivity index (χ2v) is 6.22. The average molecular weight is 269 g/mol. The highest BCUT2D eigenvalue weighted by Gasteiger charge is 2.31. The maximum Gasteiger partial charge on any atom is 0.313 e. The van der Waals surface area contributed by atoms with Gasteiger partial charge in [0.1, 0.15) is 5.82 Å². The highest BCUT2D eigenvalue weighted by Crippen LogP contribution is 2.40. The summed E-state index contributed by atoms with van der Waals surface area (Å²) in [6, 6.07) is 0.448. The molecule has 0 aliphatic heterocycles. The fourth-order valence-corrected chi connectivity index (χ4v) is 3.05. The maximum atomic E-state index is 10.7. The lowest BCUT2D eigenvalue weighted by atomic mass is 9.81. The largest absolute Gasteiger partial charge is 0.481 e. The SMILES string of the molecule is CC1CC(n2c(SCC(=O)O)nnc2C(C)C)C1. The second kappa shape index (κ2) is 5.30. The van der Waals surface area contributed by atoms with Crippen LogP contribution in [0, 0.1) is 5.92 Å². The van der Waals surface area contributed by atoms with E-state index in [1.165, 1.54) is 11.8 Å². The van der Waals surface area contributed by atoms with Crippen LogP contribution in [0.1, 0.15) is 51.4 Å². The van der Waals surface area contributed by atoms with Crippen molar-refractivity contribution in [2.75, 3.05) is 5.75 Å². The molecule has 1 aromatic rings. The van der Waals surface area contributed by atoms with Gasteiger partial charge in [0.15, 0.2) is 5.16 Å². The van der Waals surface area contributed by atoms with E-state index in [0.29, 0.717) is 12.0 Å². The van der Waals surface area contributed by atoms with Crippen LogP contribution in [0.3, 0.4) is 0 Å². The fourth-order valence-electron chi connectivity index (χ4n) is 2.32. The molecular formula is C12H19N3O2S.